The average molecular weight is 519 g/mol. The molecule has 2 unspecified atom stereocenters. The summed E-state index contributed by atoms with van der Waals surface area (Å²) in [5.41, 5.74) is 0. The zero-order valence-corrected chi connectivity index (χ0v) is 24.9. The highest BCUT2D eigenvalue weighted by atomic mass is 32.2. The third kappa shape index (κ3) is 36.0. The first-order valence-corrected chi connectivity index (χ1v) is 16.8. The van der Waals surface area contributed by atoms with Gasteiger partial charge in [0.25, 0.3) is 0 Å². The number of carbonyl (C=O) groups excluding carboxylic acids is 1. The number of rotatable bonds is 25. The zero-order chi connectivity index (χ0) is 26.4. The SMILES string of the molecule is CCCCCCCCCCCCCCCCOC(=O)C(C)O.CCCCCCCCCC[S+](C)[O-]. The number of esters is 1. The number of hydrogen-bond acceptors (Lipinski definition) is 4. The highest BCUT2D eigenvalue weighted by molar-refractivity contribution is 7.90. The van der Waals surface area contributed by atoms with Crippen LogP contribution in [0.4, 0.5) is 0 Å². The van der Waals surface area contributed by atoms with Gasteiger partial charge in [-0.05, 0) is 26.2 Å². The fourth-order valence-corrected chi connectivity index (χ4v) is 4.64. The topological polar surface area (TPSA) is 69.6 Å². The van der Waals surface area contributed by atoms with Crippen LogP contribution in [0, 0.1) is 0 Å². The summed E-state index contributed by atoms with van der Waals surface area (Å²) < 4.78 is 15.7. The van der Waals surface area contributed by atoms with E-state index >= 15 is 0 Å². The van der Waals surface area contributed by atoms with Gasteiger partial charge in [0.1, 0.15) is 11.9 Å². The van der Waals surface area contributed by atoms with Crippen molar-refractivity contribution >= 4 is 17.1 Å². The summed E-state index contributed by atoms with van der Waals surface area (Å²) in [6.07, 6.45) is 29.9. The second kappa shape index (κ2) is 31.8. The molecule has 0 heterocycles. The van der Waals surface area contributed by atoms with Crippen molar-refractivity contribution in [2.45, 2.75) is 168 Å². The van der Waals surface area contributed by atoms with Crippen LogP contribution in [0.2, 0.25) is 0 Å². The summed E-state index contributed by atoms with van der Waals surface area (Å²) >= 11 is -0.576. The van der Waals surface area contributed by atoms with Gasteiger partial charge in [0.05, 0.1) is 12.9 Å². The van der Waals surface area contributed by atoms with E-state index in [0.717, 1.165) is 25.0 Å². The van der Waals surface area contributed by atoms with E-state index < -0.39 is 23.2 Å². The Morgan fingerprint density at radius 1 is 0.657 bits per heavy atom. The lowest BCUT2D eigenvalue weighted by molar-refractivity contribution is -0.152. The molecule has 0 aromatic heterocycles. The molecule has 0 aliphatic heterocycles. The van der Waals surface area contributed by atoms with Crippen molar-refractivity contribution in [1.29, 1.82) is 0 Å². The lowest BCUT2D eigenvalue weighted by Crippen LogP contribution is -2.19. The van der Waals surface area contributed by atoms with Crippen LogP contribution < -0.4 is 0 Å². The van der Waals surface area contributed by atoms with Crippen molar-refractivity contribution in [1.82, 2.24) is 0 Å². The van der Waals surface area contributed by atoms with Gasteiger partial charge in [-0.15, -0.1) is 0 Å². The Hall–Kier alpha value is -0.260. The molecule has 0 fully saturated rings. The number of carbonyl (C=O) groups is 1. The van der Waals surface area contributed by atoms with Gasteiger partial charge in [0.15, 0.2) is 0 Å². The predicted molar refractivity (Wildman–Crippen MR) is 154 cm³/mol. The molecule has 5 heteroatoms. The molecule has 0 rings (SSSR count). The van der Waals surface area contributed by atoms with E-state index in [9.17, 15) is 9.35 Å². The number of unbranched alkanes of at least 4 members (excludes halogenated alkanes) is 20. The van der Waals surface area contributed by atoms with Gasteiger partial charge in [0, 0.05) is 0 Å². The van der Waals surface area contributed by atoms with Crippen molar-refractivity contribution in [2.75, 3.05) is 18.6 Å². The zero-order valence-electron chi connectivity index (χ0n) is 24.1. The highest BCUT2D eigenvalue weighted by Gasteiger charge is 2.08. The van der Waals surface area contributed by atoms with Crippen LogP contribution >= 0.6 is 0 Å². The summed E-state index contributed by atoms with van der Waals surface area (Å²) in [6, 6.07) is 0. The molecule has 0 saturated carbocycles. The molecular weight excluding hydrogens is 456 g/mol. The monoisotopic (exact) mass is 518 g/mol. The van der Waals surface area contributed by atoms with Crippen molar-refractivity contribution < 1.29 is 19.2 Å². The van der Waals surface area contributed by atoms with Crippen molar-refractivity contribution in [3.8, 4) is 0 Å². The van der Waals surface area contributed by atoms with Crippen LogP contribution in [0.25, 0.3) is 0 Å². The Balaban J connectivity index is 0. The van der Waals surface area contributed by atoms with Gasteiger partial charge in [-0.1, -0.05) is 147 Å². The number of aliphatic hydroxyl groups is 1. The van der Waals surface area contributed by atoms with Gasteiger partial charge in [-0.25, -0.2) is 4.79 Å². The Bertz CT molecular complexity index is 402. The molecule has 35 heavy (non-hydrogen) atoms. The predicted octanol–water partition coefficient (Wildman–Crippen LogP) is 8.90. The Morgan fingerprint density at radius 3 is 1.29 bits per heavy atom. The first-order chi connectivity index (χ1) is 17.0. The molecule has 1 N–H and O–H groups in total. The molecule has 0 aromatic rings. The van der Waals surface area contributed by atoms with Crippen molar-refractivity contribution in [2.24, 2.45) is 0 Å². The molecule has 4 nitrogen and oxygen atoms in total. The number of aliphatic hydroxyl groups excluding tert-OH is 1. The van der Waals surface area contributed by atoms with E-state index in [0.29, 0.717) is 6.61 Å². The lowest BCUT2D eigenvalue weighted by Gasteiger charge is -2.06. The molecule has 2 atom stereocenters. The van der Waals surface area contributed by atoms with Gasteiger partial charge in [-0.3, -0.25) is 0 Å². The minimum absolute atomic E-state index is 0.446. The Kier molecular flexibility index (Phi) is 33.5. The van der Waals surface area contributed by atoms with E-state index in [1.54, 1.807) is 6.26 Å². The minimum Gasteiger partial charge on any atom is -0.617 e. The van der Waals surface area contributed by atoms with Crippen LogP contribution in [0.15, 0.2) is 0 Å². The van der Waals surface area contributed by atoms with Crippen LogP contribution in [0.5, 0.6) is 0 Å². The second-order valence-corrected chi connectivity index (χ2v) is 11.7. The van der Waals surface area contributed by atoms with E-state index in [4.69, 9.17) is 9.84 Å². The van der Waals surface area contributed by atoms with Gasteiger partial charge >= 0.3 is 5.97 Å². The van der Waals surface area contributed by atoms with Gasteiger partial charge < -0.3 is 14.4 Å². The molecule has 0 aromatic carbocycles. The van der Waals surface area contributed by atoms with Crippen LogP contribution in [0.1, 0.15) is 162 Å². The quantitative estimate of drug-likeness (QED) is 0.0744. The van der Waals surface area contributed by atoms with Gasteiger partial charge in [-0.2, -0.15) is 0 Å². The van der Waals surface area contributed by atoms with E-state index in [2.05, 4.69) is 13.8 Å². The third-order valence-corrected chi connectivity index (χ3v) is 7.23. The molecule has 0 aliphatic rings. The molecule has 0 saturated heterocycles. The molecule has 0 bridgehead atoms. The summed E-state index contributed by atoms with van der Waals surface area (Å²) in [6.45, 7) is 6.40. The van der Waals surface area contributed by atoms with E-state index in [1.807, 2.05) is 0 Å². The largest absolute Gasteiger partial charge is 0.617 e. The lowest BCUT2D eigenvalue weighted by atomic mass is 10.0. The van der Waals surface area contributed by atoms with Crippen molar-refractivity contribution in [3.05, 3.63) is 0 Å². The maximum atomic E-state index is 11.0. The molecule has 0 radical (unpaired) electrons. The summed E-state index contributed by atoms with van der Waals surface area (Å²) in [5, 5.41) is 8.96. The maximum absolute atomic E-state index is 11.0. The normalized spacial score (nSPS) is 12.6. The third-order valence-electron chi connectivity index (χ3n) is 6.37. The molecular formula is C30H62O4S. The Morgan fingerprint density at radius 2 is 0.971 bits per heavy atom. The maximum Gasteiger partial charge on any atom is 0.334 e. The van der Waals surface area contributed by atoms with E-state index in [1.165, 1.54) is 129 Å². The second-order valence-electron chi connectivity index (χ2n) is 10.2. The highest BCUT2D eigenvalue weighted by Crippen LogP contribution is 2.13. The van der Waals surface area contributed by atoms with Crippen LogP contribution in [0.3, 0.4) is 0 Å². The number of hydrogen-bond donors (Lipinski definition) is 1. The Labute approximate surface area is 222 Å². The molecule has 0 spiro atoms. The van der Waals surface area contributed by atoms with Crippen LogP contribution in [-0.2, 0) is 20.7 Å². The fourth-order valence-electron chi connectivity index (χ4n) is 4.03. The van der Waals surface area contributed by atoms with E-state index in [-0.39, 0.29) is 0 Å². The molecule has 212 valence electrons. The fraction of sp³-hybridized carbons (Fsp3) is 0.967. The van der Waals surface area contributed by atoms with Crippen molar-refractivity contribution in [3.63, 3.8) is 0 Å². The standard InChI is InChI=1S/C19H38O3.C11H24OS/c1-3-4-5-6-7-8-9-10-11-12-13-14-15-16-17-22-19(21)18(2)20;1-3-4-5-6-7-8-9-10-11-13(2)12/h18,20H,3-17H2,1-2H3;3-11H2,1-2H3. The summed E-state index contributed by atoms with van der Waals surface area (Å²) in [5.74, 6) is 0.393. The average Bonchev–Trinajstić information content (AvgIpc) is 2.83. The molecule has 0 aliphatic carbocycles. The van der Waals surface area contributed by atoms with Crippen LogP contribution in [-0.4, -0.2) is 40.3 Å². The molecule has 0 amide bonds. The minimum atomic E-state index is -0.994. The van der Waals surface area contributed by atoms with Gasteiger partial charge in [0.2, 0.25) is 0 Å². The first-order valence-electron chi connectivity index (χ1n) is 15.1. The first kappa shape index (κ1) is 36.9. The summed E-state index contributed by atoms with van der Waals surface area (Å²) in [7, 11) is 0. The number of ether oxygens (including phenoxy) is 1. The smallest absolute Gasteiger partial charge is 0.334 e. The summed E-state index contributed by atoms with van der Waals surface area (Å²) in [4.78, 5) is 11.0.